The summed E-state index contributed by atoms with van der Waals surface area (Å²) in [7, 11) is -1.33. The number of carbonyl (C=O) groups excluding carboxylic acids is 1. The number of rotatable bonds is 7. The van der Waals surface area contributed by atoms with E-state index in [0.717, 1.165) is 0 Å². The number of hydrogen-bond donors (Lipinski definition) is 0. The molecule has 0 bridgehead atoms. The second kappa shape index (κ2) is 7.50. The van der Waals surface area contributed by atoms with Gasteiger partial charge in [-0.15, -0.1) is 0 Å². The zero-order chi connectivity index (χ0) is 16.3. The molecule has 1 heterocycles. The van der Waals surface area contributed by atoms with E-state index < -0.39 is 8.60 Å². The summed E-state index contributed by atoms with van der Waals surface area (Å²) < 4.78 is 17.9. The molecule has 0 unspecified atom stereocenters. The van der Waals surface area contributed by atoms with Gasteiger partial charge in [-0.2, -0.15) is 0 Å². The maximum atomic E-state index is 11.4. The van der Waals surface area contributed by atoms with E-state index in [-0.39, 0.29) is 16.8 Å². The average Bonchev–Trinajstić information content (AvgIpc) is 2.35. The third-order valence-corrected chi connectivity index (χ3v) is 5.36. The van der Waals surface area contributed by atoms with Crippen LogP contribution in [0.4, 0.5) is 0 Å². The molecule has 1 fully saturated rings. The Morgan fingerprint density at radius 2 is 1.67 bits per heavy atom. The van der Waals surface area contributed by atoms with Gasteiger partial charge in [-0.25, -0.2) is 0 Å². The second-order valence-electron chi connectivity index (χ2n) is 7.49. The van der Waals surface area contributed by atoms with Crippen molar-refractivity contribution in [2.24, 2.45) is 17.3 Å². The lowest BCUT2D eigenvalue weighted by Gasteiger charge is -2.44. The van der Waals surface area contributed by atoms with Crippen molar-refractivity contribution in [2.45, 2.75) is 66.9 Å². The predicted octanol–water partition coefficient (Wildman–Crippen LogP) is 4.72. The lowest BCUT2D eigenvalue weighted by atomic mass is 9.77. The highest BCUT2D eigenvalue weighted by molar-refractivity contribution is 7.41. The summed E-state index contributed by atoms with van der Waals surface area (Å²) in [6, 6.07) is 0. The standard InChI is InChI=1S/C16H31O4P/c1-12(2)16(13(3)4,9-8-14(5)17)20-21-18-10-15(6,7)11-19-21/h12-13H,8-11H2,1-7H3. The zero-order valence-corrected chi connectivity index (χ0v) is 15.5. The van der Waals surface area contributed by atoms with Crippen molar-refractivity contribution in [1.82, 2.24) is 0 Å². The molecule has 1 aliphatic heterocycles. The summed E-state index contributed by atoms with van der Waals surface area (Å²) in [5.74, 6) is 0.784. The molecule has 0 aromatic carbocycles. The van der Waals surface area contributed by atoms with Crippen LogP contribution in [0.2, 0.25) is 0 Å². The van der Waals surface area contributed by atoms with Gasteiger partial charge in [-0.1, -0.05) is 41.5 Å². The Morgan fingerprint density at radius 3 is 2.05 bits per heavy atom. The summed E-state index contributed by atoms with van der Waals surface area (Å²) in [4.78, 5) is 11.4. The molecule has 5 heteroatoms. The van der Waals surface area contributed by atoms with Crippen molar-refractivity contribution >= 4 is 14.4 Å². The van der Waals surface area contributed by atoms with E-state index in [1.54, 1.807) is 6.92 Å². The molecular formula is C16H31O4P. The van der Waals surface area contributed by atoms with E-state index >= 15 is 0 Å². The van der Waals surface area contributed by atoms with Crippen LogP contribution in [0.3, 0.4) is 0 Å². The van der Waals surface area contributed by atoms with Crippen molar-refractivity contribution in [3.8, 4) is 0 Å². The first-order chi connectivity index (χ1) is 9.59. The van der Waals surface area contributed by atoms with Crippen molar-refractivity contribution in [1.29, 1.82) is 0 Å². The van der Waals surface area contributed by atoms with E-state index in [4.69, 9.17) is 13.6 Å². The van der Waals surface area contributed by atoms with Gasteiger partial charge in [-0.05, 0) is 25.2 Å². The molecule has 4 nitrogen and oxygen atoms in total. The van der Waals surface area contributed by atoms with Gasteiger partial charge in [-0.3, -0.25) is 0 Å². The molecule has 1 aliphatic rings. The van der Waals surface area contributed by atoms with Crippen LogP contribution in [0.15, 0.2) is 0 Å². The molecule has 0 aromatic rings. The van der Waals surface area contributed by atoms with E-state index in [0.29, 0.717) is 37.9 Å². The van der Waals surface area contributed by atoms with Gasteiger partial charge in [0.2, 0.25) is 0 Å². The predicted molar refractivity (Wildman–Crippen MR) is 86.0 cm³/mol. The van der Waals surface area contributed by atoms with Crippen LogP contribution < -0.4 is 0 Å². The average molecular weight is 318 g/mol. The normalized spacial score (nSPS) is 20.2. The highest BCUT2D eigenvalue weighted by Gasteiger charge is 2.43. The first kappa shape index (κ1) is 19.0. The minimum Gasteiger partial charge on any atom is -0.312 e. The highest BCUT2D eigenvalue weighted by atomic mass is 31.2. The Hall–Kier alpha value is -0.0200. The number of ketones is 1. The fraction of sp³-hybridized carbons (Fsp3) is 0.938. The fourth-order valence-electron chi connectivity index (χ4n) is 2.60. The molecule has 0 spiro atoms. The SMILES string of the molecule is CC(=O)CCC(OP1OCC(C)(C)CO1)(C(C)C)C(C)C. The van der Waals surface area contributed by atoms with E-state index in [1.165, 1.54) is 0 Å². The van der Waals surface area contributed by atoms with Gasteiger partial charge >= 0.3 is 8.60 Å². The second-order valence-corrected chi connectivity index (χ2v) is 8.64. The van der Waals surface area contributed by atoms with Crippen LogP contribution in [-0.4, -0.2) is 24.6 Å². The molecule has 0 N–H and O–H groups in total. The molecule has 0 atom stereocenters. The Labute approximate surface area is 130 Å². The van der Waals surface area contributed by atoms with E-state index in [1.807, 2.05) is 0 Å². The number of hydrogen-bond acceptors (Lipinski definition) is 4. The molecule has 0 saturated carbocycles. The van der Waals surface area contributed by atoms with Gasteiger partial charge < -0.3 is 18.4 Å². The Kier molecular flexibility index (Phi) is 6.80. The maximum absolute atomic E-state index is 11.4. The molecule has 0 aromatic heterocycles. The van der Waals surface area contributed by atoms with Gasteiger partial charge in [0, 0.05) is 11.8 Å². The first-order valence-corrected chi connectivity index (χ1v) is 8.93. The van der Waals surface area contributed by atoms with Gasteiger partial charge in [0.1, 0.15) is 5.78 Å². The van der Waals surface area contributed by atoms with Gasteiger partial charge in [0.25, 0.3) is 0 Å². The van der Waals surface area contributed by atoms with E-state index in [2.05, 4.69) is 41.5 Å². The molecule has 0 amide bonds. The minimum atomic E-state index is -1.33. The number of carbonyl (C=O) groups is 1. The molecular weight excluding hydrogens is 287 g/mol. The monoisotopic (exact) mass is 318 g/mol. The third kappa shape index (κ3) is 5.28. The van der Waals surface area contributed by atoms with Crippen LogP contribution >= 0.6 is 8.60 Å². The smallest absolute Gasteiger partial charge is 0.312 e. The van der Waals surface area contributed by atoms with Gasteiger partial charge in [0.15, 0.2) is 0 Å². The summed E-state index contributed by atoms with van der Waals surface area (Å²) in [6.45, 7) is 15.7. The zero-order valence-electron chi connectivity index (χ0n) is 14.6. The molecule has 1 rings (SSSR count). The molecule has 124 valence electrons. The summed E-state index contributed by atoms with van der Waals surface area (Å²) in [5, 5.41) is 0. The Morgan fingerprint density at radius 1 is 1.19 bits per heavy atom. The topological polar surface area (TPSA) is 44.8 Å². The lowest BCUT2D eigenvalue weighted by molar-refractivity contribution is -0.120. The summed E-state index contributed by atoms with van der Waals surface area (Å²) in [5.41, 5.74) is -0.335. The summed E-state index contributed by atoms with van der Waals surface area (Å²) >= 11 is 0. The molecule has 0 radical (unpaired) electrons. The van der Waals surface area contributed by atoms with Crippen LogP contribution in [0, 0.1) is 17.3 Å². The van der Waals surface area contributed by atoms with Crippen LogP contribution in [-0.2, 0) is 18.4 Å². The third-order valence-electron chi connectivity index (χ3n) is 4.19. The molecule has 1 saturated heterocycles. The fourth-order valence-corrected chi connectivity index (χ4v) is 4.48. The number of Topliss-reactive ketones (excluding diaryl/α,β-unsaturated/α-hetero) is 1. The van der Waals surface area contributed by atoms with Crippen LogP contribution in [0.5, 0.6) is 0 Å². The van der Waals surface area contributed by atoms with Gasteiger partial charge in [0.05, 0.1) is 18.8 Å². The Balaban J connectivity index is 2.79. The first-order valence-electron chi connectivity index (χ1n) is 7.83. The van der Waals surface area contributed by atoms with Crippen molar-refractivity contribution < 1.29 is 18.4 Å². The van der Waals surface area contributed by atoms with Crippen molar-refractivity contribution in [2.75, 3.05) is 13.2 Å². The van der Waals surface area contributed by atoms with Crippen molar-refractivity contribution in [3.05, 3.63) is 0 Å². The highest BCUT2D eigenvalue weighted by Crippen LogP contribution is 2.53. The largest absolute Gasteiger partial charge is 0.333 e. The van der Waals surface area contributed by atoms with Crippen LogP contribution in [0.25, 0.3) is 0 Å². The van der Waals surface area contributed by atoms with E-state index in [9.17, 15) is 4.79 Å². The quantitative estimate of drug-likeness (QED) is 0.637. The molecule has 0 aliphatic carbocycles. The van der Waals surface area contributed by atoms with Crippen molar-refractivity contribution in [3.63, 3.8) is 0 Å². The Bertz CT molecular complexity index is 334. The molecule has 21 heavy (non-hydrogen) atoms. The van der Waals surface area contributed by atoms with Crippen LogP contribution in [0.1, 0.15) is 61.3 Å². The lowest BCUT2D eigenvalue weighted by Crippen LogP contribution is -2.44. The summed E-state index contributed by atoms with van der Waals surface area (Å²) in [6.07, 6.45) is 1.25. The minimum absolute atomic E-state index is 0.0416. The maximum Gasteiger partial charge on any atom is 0.333 e.